The Bertz CT molecular complexity index is 403. The number of phenolic OH excluding ortho intramolecular Hbond substituents is 1. The van der Waals surface area contributed by atoms with Crippen LogP contribution < -0.4 is 0 Å². The molecule has 0 saturated carbocycles. The Morgan fingerprint density at radius 1 is 1.56 bits per heavy atom. The average molecular weight is 228 g/mol. The van der Waals surface area contributed by atoms with Crippen LogP contribution in [0.2, 0.25) is 0 Å². The molecule has 0 fully saturated rings. The molecule has 0 radical (unpaired) electrons. The second kappa shape index (κ2) is 4.94. The molecule has 1 rings (SSSR count). The van der Waals surface area contributed by atoms with Gasteiger partial charge in [0.1, 0.15) is 11.6 Å². The maximum atomic E-state index is 13.0. The van der Waals surface area contributed by atoms with Gasteiger partial charge in [0.2, 0.25) is 0 Å². The Kier molecular flexibility index (Phi) is 3.84. The van der Waals surface area contributed by atoms with Crippen molar-refractivity contribution >= 4 is 5.97 Å². The monoisotopic (exact) mass is 228 g/mol. The largest absolute Gasteiger partial charge is 0.507 e. The first-order chi connectivity index (χ1) is 7.47. The predicted octanol–water partition coefficient (Wildman–Crippen LogP) is 1.44. The molecule has 5 heteroatoms. The Morgan fingerprint density at radius 3 is 2.75 bits per heavy atom. The fourth-order valence-corrected chi connectivity index (χ4v) is 1.32. The molecule has 1 unspecified atom stereocenters. The molecule has 0 aromatic heterocycles. The molecule has 0 aliphatic rings. The van der Waals surface area contributed by atoms with Gasteiger partial charge in [-0.25, -0.2) is 9.18 Å². The third-order valence-electron chi connectivity index (χ3n) is 2.10. The van der Waals surface area contributed by atoms with Gasteiger partial charge in [-0.15, -0.1) is 0 Å². The quantitative estimate of drug-likeness (QED) is 0.768. The lowest BCUT2D eigenvalue weighted by atomic mass is 10.0. The van der Waals surface area contributed by atoms with E-state index in [1.54, 1.807) is 6.92 Å². The van der Waals surface area contributed by atoms with Gasteiger partial charge in [0.25, 0.3) is 0 Å². The molecule has 2 N–H and O–H groups in total. The Morgan fingerprint density at radius 2 is 2.19 bits per heavy atom. The van der Waals surface area contributed by atoms with E-state index in [1.165, 1.54) is 6.92 Å². The van der Waals surface area contributed by atoms with Crippen molar-refractivity contribution < 1.29 is 24.1 Å². The van der Waals surface area contributed by atoms with Crippen molar-refractivity contribution in [3.05, 3.63) is 29.1 Å². The fraction of sp³-hybridized carbons (Fsp3) is 0.364. The normalized spacial score (nSPS) is 12.2. The number of carbonyl (C=O) groups is 1. The minimum absolute atomic E-state index is 0.102. The number of aliphatic hydroxyl groups is 1. The summed E-state index contributed by atoms with van der Waals surface area (Å²) in [6.45, 7) is 3.16. The van der Waals surface area contributed by atoms with Crippen LogP contribution in [0.25, 0.3) is 0 Å². The first-order valence-electron chi connectivity index (χ1n) is 4.81. The molecule has 0 heterocycles. The standard InChI is InChI=1S/C11H13FO4/c1-3-16-11(15)10(14)8-5-7(12)4-6(2)9(8)13/h4-5,10,13-14H,3H2,1-2H3. The number of ether oxygens (including phenoxy) is 1. The molecule has 0 saturated heterocycles. The molecule has 4 nitrogen and oxygen atoms in total. The Hall–Kier alpha value is -1.62. The number of halogens is 1. The minimum Gasteiger partial charge on any atom is -0.507 e. The predicted molar refractivity (Wildman–Crippen MR) is 54.4 cm³/mol. The number of aryl methyl sites for hydroxylation is 1. The van der Waals surface area contributed by atoms with Crippen LogP contribution in [0.3, 0.4) is 0 Å². The van der Waals surface area contributed by atoms with Crippen LogP contribution in [0.15, 0.2) is 12.1 Å². The van der Waals surface area contributed by atoms with Crippen molar-refractivity contribution in [2.75, 3.05) is 6.61 Å². The van der Waals surface area contributed by atoms with Crippen molar-refractivity contribution in [1.82, 2.24) is 0 Å². The Labute approximate surface area is 92.3 Å². The molecule has 16 heavy (non-hydrogen) atoms. The van der Waals surface area contributed by atoms with Crippen LogP contribution in [0, 0.1) is 12.7 Å². The highest BCUT2D eigenvalue weighted by atomic mass is 19.1. The minimum atomic E-state index is -1.67. The summed E-state index contributed by atoms with van der Waals surface area (Å²) in [5.74, 6) is -1.85. The lowest BCUT2D eigenvalue weighted by molar-refractivity contribution is -0.153. The van der Waals surface area contributed by atoms with Gasteiger partial charge in [-0.05, 0) is 31.5 Å². The summed E-state index contributed by atoms with van der Waals surface area (Å²) < 4.78 is 17.6. The average Bonchev–Trinajstić information content (AvgIpc) is 2.22. The first-order valence-corrected chi connectivity index (χ1v) is 4.81. The van der Waals surface area contributed by atoms with Gasteiger partial charge in [0.05, 0.1) is 6.61 Å². The number of phenols is 1. The number of carbonyl (C=O) groups excluding carboxylic acids is 1. The van der Waals surface area contributed by atoms with Crippen molar-refractivity contribution in [3.8, 4) is 5.75 Å². The summed E-state index contributed by atoms with van der Waals surface area (Å²) >= 11 is 0. The third-order valence-corrected chi connectivity index (χ3v) is 2.10. The zero-order valence-electron chi connectivity index (χ0n) is 9.03. The lowest BCUT2D eigenvalue weighted by Gasteiger charge is -2.13. The molecular weight excluding hydrogens is 215 g/mol. The van der Waals surface area contributed by atoms with E-state index in [2.05, 4.69) is 4.74 Å². The summed E-state index contributed by atoms with van der Waals surface area (Å²) in [6.07, 6.45) is -1.67. The molecule has 0 aliphatic carbocycles. The van der Waals surface area contributed by atoms with Gasteiger partial charge in [0, 0.05) is 5.56 Å². The summed E-state index contributed by atoms with van der Waals surface area (Å²) in [5, 5.41) is 19.1. The maximum absolute atomic E-state index is 13.0. The SMILES string of the molecule is CCOC(=O)C(O)c1cc(F)cc(C)c1O. The molecule has 88 valence electrons. The number of hydrogen-bond donors (Lipinski definition) is 2. The summed E-state index contributed by atoms with van der Waals surface area (Å²) in [6, 6.07) is 2.01. The summed E-state index contributed by atoms with van der Waals surface area (Å²) in [7, 11) is 0. The lowest BCUT2D eigenvalue weighted by Crippen LogP contribution is -2.16. The van der Waals surface area contributed by atoms with Crippen LogP contribution in [0.4, 0.5) is 4.39 Å². The first kappa shape index (κ1) is 12.4. The van der Waals surface area contributed by atoms with Crippen molar-refractivity contribution in [1.29, 1.82) is 0 Å². The number of benzene rings is 1. The van der Waals surface area contributed by atoms with E-state index < -0.39 is 17.9 Å². The van der Waals surface area contributed by atoms with E-state index in [0.717, 1.165) is 12.1 Å². The molecule has 0 spiro atoms. The van der Waals surface area contributed by atoms with Crippen molar-refractivity contribution in [2.24, 2.45) is 0 Å². The smallest absolute Gasteiger partial charge is 0.339 e. The molecule has 0 bridgehead atoms. The van der Waals surface area contributed by atoms with E-state index in [0.29, 0.717) is 0 Å². The van der Waals surface area contributed by atoms with Crippen LogP contribution in [0.5, 0.6) is 5.75 Å². The van der Waals surface area contributed by atoms with Gasteiger partial charge < -0.3 is 14.9 Å². The molecule has 0 amide bonds. The van der Waals surface area contributed by atoms with Gasteiger partial charge in [0.15, 0.2) is 6.10 Å². The van der Waals surface area contributed by atoms with Gasteiger partial charge in [-0.1, -0.05) is 0 Å². The van der Waals surface area contributed by atoms with Crippen molar-refractivity contribution in [2.45, 2.75) is 20.0 Å². The zero-order chi connectivity index (χ0) is 12.3. The van der Waals surface area contributed by atoms with Crippen LogP contribution in [-0.2, 0) is 9.53 Å². The fourth-order valence-electron chi connectivity index (χ4n) is 1.32. The van der Waals surface area contributed by atoms with Gasteiger partial charge >= 0.3 is 5.97 Å². The third kappa shape index (κ3) is 2.49. The van der Waals surface area contributed by atoms with E-state index in [1.807, 2.05) is 0 Å². The number of aromatic hydroxyl groups is 1. The highest BCUT2D eigenvalue weighted by Crippen LogP contribution is 2.29. The zero-order valence-corrected chi connectivity index (χ0v) is 9.03. The molecular formula is C11H13FO4. The summed E-state index contributed by atoms with van der Waals surface area (Å²) in [5.41, 5.74) is 0.0642. The number of aliphatic hydroxyl groups excluding tert-OH is 1. The van der Waals surface area contributed by atoms with E-state index in [9.17, 15) is 19.4 Å². The number of esters is 1. The molecule has 1 atom stereocenters. The second-order valence-corrected chi connectivity index (χ2v) is 3.32. The number of hydrogen-bond acceptors (Lipinski definition) is 4. The van der Waals surface area contributed by atoms with Crippen LogP contribution in [0.1, 0.15) is 24.2 Å². The second-order valence-electron chi connectivity index (χ2n) is 3.32. The van der Waals surface area contributed by atoms with E-state index >= 15 is 0 Å². The highest BCUT2D eigenvalue weighted by Gasteiger charge is 2.23. The van der Waals surface area contributed by atoms with Crippen molar-refractivity contribution in [3.63, 3.8) is 0 Å². The Balaban J connectivity index is 3.08. The topological polar surface area (TPSA) is 66.8 Å². The number of rotatable bonds is 3. The van der Waals surface area contributed by atoms with E-state index in [4.69, 9.17) is 0 Å². The maximum Gasteiger partial charge on any atom is 0.339 e. The van der Waals surface area contributed by atoms with Crippen LogP contribution in [-0.4, -0.2) is 22.8 Å². The van der Waals surface area contributed by atoms with E-state index in [-0.39, 0.29) is 23.5 Å². The highest BCUT2D eigenvalue weighted by molar-refractivity contribution is 5.77. The summed E-state index contributed by atoms with van der Waals surface area (Å²) in [4.78, 5) is 11.2. The molecule has 1 aromatic carbocycles. The molecule has 0 aliphatic heterocycles. The van der Waals surface area contributed by atoms with Gasteiger partial charge in [-0.3, -0.25) is 0 Å². The molecule has 1 aromatic rings. The van der Waals surface area contributed by atoms with Crippen LogP contribution >= 0.6 is 0 Å². The van der Waals surface area contributed by atoms with Gasteiger partial charge in [-0.2, -0.15) is 0 Å².